The van der Waals surface area contributed by atoms with Crippen molar-refractivity contribution in [3.8, 4) is 0 Å². The number of thiophene rings is 1. The number of nitrogens with zero attached hydrogens (tertiary/aromatic N) is 1. The molecule has 0 unspecified atom stereocenters. The average molecular weight is 358 g/mol. The van der Waals surface area contributed by atoms with E-state index in [4.69, 9.17) is 4.74 Å². The van der Waals surface area contributed by atoms with Crippen LogP contribution in [-0.4, -0.2) is 42.0 Å². The van der Waals surface area contributed by atoms with E-state index in [-0.39, 0.29) is 24.0 Å². The first-order valence-corrected chi connectivity index (χ1v) is 9.26. The molecule has 2 amide bonds. The number of morpholine rings is 1. The fraction of sp³-hybridized carbons (Fsp3) is 0.368. The van der Waals surface area contributed by atoms with Crippen LogP contribution in [0.25, 0.3) is 0 Å². The van der Waals surface area contributed by atoms with Crippen LogP contribution in [0.2, 0.25) is 0 Å². The molecule has 2 aromatic rings. The SMILES string of the molecule is C[C@H]1CN(C(=O)c2ccc(CNC(=O)c3cccs3)cc2)C[C@H](C)O1. The van der Waals surface area contributed by atoms with Gasteiger partial charge in [-0.25, -0.2) is 0 Å². The van der Waals surface area contributed by atoms with Crippen molar-refractivity contribution >= 4 is 23.2 Å². The van der Waals surface area contributed by atoms with Crippen LogP contribution >= 0.6 is 11.3 Å². The first kappa shape index (κ1) is 17.6. The molecule has 6 heteroatoms. The Balaban J connectivity index is 1.58. The Kier molecular flexibility index (Phi) is 5.50. The van der Waals surface area contributed by atoms with Crippen molar-refractivity contribution in [2.45, 2.75) is 32.6 Å². The smallest absolute Gasteiger partial charge is 0.261 e. The molecule has 1 N–H and O–H groups in total. The molecule has 1 aliphatic rings. The zero-order valence-corrected chi connectivity index (χ0v) is 15.2. The van der Waals surface area contributed by atoms with Crippen LogP contribution in [-0.2, 0) is 11.3 Å². The Morgan fingerprint density at radius 1 is 1.16 bits per heavy atom. The number of carbonyl (C=O) groups is 2. The van der Waals surface area contributed by atoms with E-state index in [0.717, 1.165) is 5.56 Å². The van der Waals surface area contributed by atoms with Crippen molar-refractivity contribution < 1.29 is 14.3 Å². The first-order chi connectivity index (χ1) is 12.0. The molecule has 132 valence electrons. The van der Waals surface area contributed by atoms with E-state index in [0.29, 0.717) is 30.1 Å². The molecule has 5 nitrogen and oxygen atoms in total. The molecule has 3 rings (SSSR count). The Morgan fingerprint density at radius 3 is 2.44 bits per heavy atom. The summed E-state index contributed by atoms with van der Waals surface area (Å²) < 4.78 is 5.67. The van der Waals surface area contributed by atoms with Gasteiger partial charge in [0.1, 0.15) is 0 Å². The highest BCUT2D eigenvalue weighted by Gasteiger charge is 2.26. The minimum absolute atomic E-state index is 0.0242. The van der Waals surface area contributed by atoms with Crippen molar-refractivity contribution in [2.24, 2.45) is 0 Å². The van der Waals surface area contributed by atoms with Crippen molar-refractivity contribution in [2.75, 3.05) is 13.1 Å². The van der Waals surface area contributed by atoms with E-state index in [1.165, 1.54) is 11.3 Å². The van der Waals surface area contributed by atoms with E-state index >= 15 is 0 Å². The average Bonchev–Trinajstić information content (AvgIpc) is 3.13. The van der Waals surface area contributed by atoms with Crippen LogP contribution in [0.5, 0.6) is 0 Å². The number of ether oxygens (including phenoxy) is 1. The summed E-state index contributed by atoms with van der Waals surface area (Å²) in [6.45, 7) is 5.63. The molecule has 1 saturated heterocycles. The topological polar surface area (TPSA) is 58.6 Å². The molecule has 0 radical (unpaired) electrons. The van der Waals surface area contributed by atoms with Gasteiger partial charge in [0.15, 0.2) is 0 Å². The maximum absolute atomic E-state index is 12.6. The molecule has 1 fully saturated rings. The van der Waals surface area contributed by atoms with Gasteiger partial charge in [0.25, 0.3) is 11.8 Å². The lowest BCUT2D eigenvalue weighted by atomic mass is 10.1. The quantitative estimate of drug-likeness (QED) is 0.914. The molecule has 0 aliphatic carbocycles. The third-order valence-electron chi connectivity index (χ3n) is 4.11. The van der Waals surface area contributed by atoms with E-state index in [1.54, 1.807) is 6.07 Å². The number of benzene rings is 1. The standard InChI is InChI=1S/C19H22N2O3S/c1-13-11-21(12-14(2)24-13)19(23)16-7-5-15(6-8-16)10-20-18(22)17-4-3-9-25-17/h3-9,13-14H,10-12H2,1-2H3,(H,20,22)/t13-,14-/m0/s1. The lowest BCUT2D eigenvalue weighted by molar-refractivity contribution is -0.0586. The molecule has 1 aromatic heterocycles. The van der Waals surface area contributed by atoms with Gasteiger partial charge in [-0.2, -0.15) is 0 Å². The van der Waals surface area contributed by atoms with Crippen LogP contribution in [0.15, 0.2) is 41.8 Å². The highest BCUT2D eigenvalue weighted by Crippen LogP contribution is 2.15. The summed E-state index contributed by atoms with van der Waals surface area (Å²) in [5.41, 5.74) is 1.62. The molecule has 2 atom stereocenters. The second-order valence-corrected chi connectivity index (χ2v) is 7.27. The zero-order chi connectivity index (χ0) is 17.8. The van der Waals surface area contributed by atoms with E-state index < -0.39 is 0 Å². The summed E-state index contributed by atoms with van der Waals surface area (Å²) in [6, 6.07) is 11.1. The predicted octanol–water partition coefficient (Wildman–Crippen LogP) is 2.93. The number of nitrogens with one attached hydrogen (secondary N) is 1. The van der Waals surface area contributed by atoms with Crippen molar-refractivity contribution in [3.63, 3.8) is 0 Å². The lowest BCUT2D eigenvalue weighted by Gasteiger charge is -2.35. The highest BCUT2D eigenvalue weighted by atomic mass is 32.1. The molecule has 1 aromatic carbocycles. The highest BCUT2D eigenvalue weighted by molar-refractivity contribution is 7.12. The van der Waals surface area contributed by atoms with E-state index in [1.807, 2.05) is 54.5 Å². The summed E-state index contributed by atoms with van der Waals surface area (Å²) in [7, 11) is 0. The van der Waals surface area contributed by atoms with Crippen LogP contribution in [0.3, 0.4) is 0 Å². The lowest BCUT2D eigenvalue weighted by Crippen LogP contribution is -2.48. The summed E-state index contributed by atoms with van der Waals surface area (Å²) in [5, 5.41) is 4.76. The second kappa shape index (κ2) is 7.80. The number of amides is 2. The number of carbonyl (C=O) groups excluding carboxylic acids is 2. The Labute approximate surface area is 151 Å². The van der Waals surface area contributed by atoms with Crippen LogP contribution in [0.1, 0.15) is 39.4 Å². The van der Waals surface area contributed by atoms with Gasteiger partial charge in [0, 0.05) is 25.2 Å². The minimum atomic E-state index is -0.0774. The molecule has 0 spiro atoms. The predicted molar refractivity (Wildman–Crippen MR) is 97.8 cm³/mol. The van der Waals surface area contributed by atoms with Crippen molar-refractivity contribution in [1.29, 1.82) is 0 Å². The third-order valence-corrected chi connectivity index (χ3v) is 4.97. The molecule has 25 heavy (non-hydrogen) atoms. The monoisotopic (exact) mass is 358 g/mol. The van der Waals surface area contributed by atoms with Crippen LogP contribution < -0.4 is 5.32 Å². The van der Waals surface area contributed by atoms with Gasteiger partial charge < -0.3 is 15.0 Å². The van der Waals surface area contributed by atoms with Crippen molar-refractivity contribution in [3.05, 3.63) is 57.8 Å². The van der Waals surface area contributed by atoms with Crippen LogP contribution in [0.4, 0.5) is 0 Å². The summed E-state index contributed by atoms with van der Waals surface area (Å²) >= 11 is 1.42. The van der Waals surface area contributed by atoms with Gasteiger partial charge in [0.05, 0.1) is 17.1 Å². The normalized spacial score (nSPS) is 20.3. The molecule has 2 heterocycles. The van der Waals surface area contributed by atoms with Crippen molar-refractivity contribution in [1.82, 2.24) is 10.2 Å². The van der Waals surface area contributed by atoms with Gasteiger partial charge in [-0.1, -0.05) is 18.2 Å². The van der Waals surface area contributed by atoms with Gasteiger partial charge in [-0.15, -0.1) is 11.3 Å². The molecule has 1 aliphatic heterocycles. The molecular weight excluding hydrogens is 336 g/mol. The van der Waals surface area contributed by atoms with E-state index in [2.05, 4.69) is 5.32 Å². The third kappa shape index (κ3) is 4.46. The first-order valence-electron chi connectivity index (χ1n) is 8.38. The Bertz CT molecular complexity index is 718. The van der Waals surface area contributed by atoms with Crippen LogP contribution in [0, 0.1) is 0 Å². The number of rotatable bonds is 4. The fourth-order valence-electron chi connectivity index (χ4n) is 2.97. The van der Waals surface area contributed by atoms with E-state index in [9.17, 15) is 9.59 Å². The van der Waals surface area contributed by atoms with Gasteiger partial charge >= 0.3 is 0 Å². The molecule has 0 bridgehead atoms. The minimum Gasteiger partial charge on any atom is -0.372 e. The Hall–Kier alpha value is -2.18. The number of hydrogen-bond acceptors (Lipinski definition) is 4. The largest absolute Gasteiger partial charge is 0.372 e. The zero-order valence-electron chi connectivity index (χ0n) is 14.4. The fourth-order valence-corrected chi connectivity index (χ4v) is 3.61. The summed E-state index contributed by atoms with van der Waals surface area (Å²) in [6.07, 6.45) is 0.110. The van der Waals surface area contributed by atoms with Gasteiger partial charge in [0.2, 0.25) is 0 Å². The maximum Gasteiger partial charge on any atom is 0.261 e. The Morgan fingerprint density at radius 2 is 1.84 bits per heavy atom. The summed E-state index contributed by atoms with van der Waals surface area (Å²) in [5.74, 6) is -0.0531. The molecule has 0 saturated carbocycles. The summed E-state index contributed by atoms with van der Waals surface area (Å²) in [4.78, 5) is 27.1. The number of hydrogen-bond donors (Lipinski definition) is 1. The van der Waals surface area contributed by atoms with Gasteiger partial charge in [-0.05, 0) is 43.0 Å². The maximum atomic E-state index is 12.6. The second-order valence-electron chi connectivity index (χ2n) is 6.32. The molecular formula is C19H22N2O3S. The van der Waals surface area contributed by atoms with Gasteiger partial charge in [-0.3, -0.25) is 9.59 Å².